The van der Waals surface area contributed by atoms with E-state index in [1.807, 2.05) is 30.3 Å². The molecule has 0 aliphatic carbocycles. The number of quaternary nitrogens is 1. The third-order valence-corrected chi connectivity index (χ3v) is 4.56. The highest BCUT2D eigenvalue weighted by molar-refractivity contribution is 6.30. The lowest BCUT2D eigenvalue weighted by atomic mass is 10.1. The van der Waals surface area contributed by atoms with Crippen molar-refractivity contribution in [2.24, 2.45) is 5.73 Å². The van der Waals surface area contributed by atoms with Crippen LogP contribution in [0.2, 0.25) is 5.02 Å². The van der Waals surface area contributed by atoms with Crippen LogP contribution >= 0.6 is 11.6 Å². The number of hydrogen-bond donors (Lipinski definition) is 2. The fraction of sp³-hybridized carbons (Fsp3) is 0.211. The van der Waals surface area contributed by atoms with Gasteiger partial charge in [-0.1, -0.05) is 35.9 Å². The zero-order valence-electron chi connectivity index (χ0n) is 14.4. The third-order valence-electron chi connectivity index (χ3n) is 4.30. The second-order valence-electron chi connectivity index (χ2n) is 6.18. The molecule has 4 N–H and O–H groups in total. The SMILES string of the molecule is C[C@@H]([NH2+]Cc1nc2ccccc2c(=O)n1CC(N)=O)c1ccc(Cl)cc1. The highest BCUT2D eigenvalue weighted by atomic mass is 35.5. The first-order valence-electron chi connectivity index (χ1n) is 8.31. The minimum absolute atomic E-state index is 0.137. The molecule has 1 aromatic heterocycles. The predicted octanol–water partition coefficient (Wildman–Crippen LogP) is 1.36. The molecule has 0 bridgehead atoms. The lowest BCUT2D eigenvalue weighted by Gasteiger charge is -2.14. The summed E-state index contributed by atoms with van der Waals surface area (Å²) in [5.41, 5.74) is 6.79. The summed E-state index contributed by atoms with van der Waals surface area (Å²) in [6.45, 7) is 2.31. The maximum Gasteiger partial charge on any atom is 0.262 e. The van der Waals surface area contributed by atoms with E-state index >= 15 is 0 Å². The van der Waals surface area contributed by atoms with Gasteiger partial charge in [-0.2, -0.15) is 0 Å². The molecule has 134 valence electrons. The molecular formula is C19H20ClN4O2+. The lowest BCUT2D eigenvalue weighted by molar-refractivity contribution is -0.709. The van der Waals surface area contributed by atoms with Crippen LogP contribution in [0.4, 0.5) is 0 Å². The van der Waals surface area contributed by atoms with Crippen molar-refractivity contribution in [2.45, 2.75) is 26.1 Å². The third kappa shape index (κ3) is 3.92. The van der Waals surface area contributed by atoms with Crippen molar-refractivity contribution in [1.29, 1.82) is 0 Å². The van der Waals surface area contributed by atoms with E-state index in [9.17, 15) is 9.59 Å². The van der Waals surface area contributed by atoms with E-state index in [2.05, 4.69) is 17.2 Å². The summed E-state index contributed by atoms with van der Waals surface area (Å²) < 4.78 is 1.36. The summed E-state index contributed by atoms with van der Waals surface area (Å²) in [7, 11) is 0. The summed E-state index contributed by atoms with van der Waals surface area (Å²) >= 11 is 5.93. The molecule has 0 spiro atoms. The average molecular weight is 372 g/mol. The molecular weight excluding hydrogens is 352 g/mol. The van der Waals surface area contributed by atoms with Gasteiger partial charge in [0.1, 0.15) is 19.1 Å². The van der Waals surface area contributed by atoms with Crippen LogP contribution < -0.4 is 16.6 Å². The van der Waals surface area contributed by atoms with Crippen LogP contribution in [0.3, 0.4) is 0 Å². The van der Waals surface area contributed by atoms with Crippen molar-refractivity contribution in [3.63, 3.8) is 0 Å². The van der Waals surface area contributed by atoms with E-state index in [1.165, 1.54) is 4.57 Å². The number of fused-ring (bicyclic) bond motifs is 1. The fourth-order valence-electron chi connectivity index (χ4n) is 2.87. The van der Waals surface area contributed by atoms with E-state index < -0.39 is 5.91 Å². The molecule has 3 aromatic rings. The maximum atomic E-state index is 12.7. The number of nitrogens with zero attached hydrogens (tertiary/aromatic N) is 2. The molecule has 6 nitrogen and oxygen atoms in total. The average Bonchev–Trinajstić information content (AvgIpc) is 2.63. The Kier molecular flexibility index (Phi) is 5.35. The van der Waals surface area contributed by atoms with Gasteiger partial charge in [0.25, 0.3) is 5.56 Å². The zero-order chi connectivity index (χ0) is 18.7. The highest BCUT2D eigenvalue weighted by Crippen LogP contribution is 2.14. The second-order valence-corrected chi connectivity index (χ2v) is 6.62. The highest BCUT2D eigenvalue weighted by Gasteiger charge is 2.16. The molecule has 3 rings (SSSR count). The fourth-order valence-corrected chi connectivity index (χ4v) is 3.00. The molecule has 1 amide bonds. The van der Waals surface area contributed by atoms with Gasteiger partial charge in [0.15, 0.2) is 5.82 Å². The largest absolute Gasteiger partial charge is 0.368 e. The zero-order valence-corrected chi connectivity index (χ0v) is 15.1. The van der Waals surface area contributed by atoms with Crippen LogP contribution in [0.15, 0.2) is 53.3 Å². The van der Waals surface area contributed by atoms with E-state index in [0.717, 1.165) is 5.56 Å². The number of hydrogen-bond acceptors (Lipinski definition) is 3. The van der Waals surface area contributed by atoms with E-state index in [-0.39, 0.29) is 18.1 Å². The van der Waals surface area contributed by atoms with Gasteiger partial charge in [-0.15, -0.1) is 0 Å². The number of halogens is 1. The van der Waals surface area contributed by atoms with Gasteiger partial charge in [0, 0.05) is 10.6 Å². The molecule has 7 heteroatoms. The summed E-state index contributed by atoms with van der Waals surface area (Å²) in [4.78, 5) is 28.7. The number of primary amides is 1. The van der Waals surface area contributed by atoms with Crippen LogP contribution in [0.25, 0.3) is 10.9 Å². The van der Waals surface area contributed by atoms with Gasteiger partial charge >= 0.3 is 0 Å². The Labute approximate surface area is 155 Å². The lowest BCUT2D eigenvalue weighted by Crippen LogP contribution is -2.83. The molecule has 26 heavy (non-hydrogen) atoms. The first kappa shape index (κ1) is 18.1. The Morgan fingerprint density at radius 2 is 1.92 bits per heavy atom. The first-order valence-corrected chi connectivity index (χ1v) is 8.69. The van der Waals surface area contributed by atoms with Gasteiger partial charge in [0.2, 0.25) is 5.91 Å². The smallest absolute Gasteiger partial charge is 0.262 e. The second kappa shape index (κ2) is 7.68. The van der Waals surface area contributed by atoms with Gasteiger partial charge in [-0.3, -0.25) is 14.2 Å². The Hall–Kier alpha value is -2.70. The van der Waals surface area contributed by atoms with Crippen molar-refractivity contribution in [1.82, 2.24) is 9.55 Å². The van der Waals surface area contributed by atoms with Crippen molar-refractivity contribution in [3.8, 4) is 0 Å². The quantitative estimate of drug-likeness (QED) is 0.685. The van der Waals surface area contributed by atoms with Gasteiger partial charge in [-0.05, 0) is 31.2 Å². The topological polar surface area (TPSA) is 94.6 Å². The van der Waals surface area contributed by atoms with E-state index in [1.54, 1.807) is 18.2 Å². The summed E-state index contributed by atoms with van der Waals surface area (Å²) in [5.74, 6) is -0.0514. The minimum Gasteiger partial charge on any atom is -0.368 e. The minimum atomic E-state index is -0.573. The summed E-state index contributed by atoms with van der Waals surface area (Å²) in [5, 5.41) is 3.22. The molecule has 0 unspecified atom stereocenters. The van der Waals surface area contributed by atoms with Gasteiger partial charge in [-0.25, -0.2) is 4.98 Å². The van der Waals surface area contributed by atoms with Gasteiger partial charge < -0.3 is 11.1 Å². The normalized spacial score (nSPS) is 12.2. The van der Waals surface area contributed by atoms with Crippen LogP contribution in [0.1, 0.15) is 24.4 Å². The molecule has 0 aliphatic rings. The van der Waals surface area contributed by atoms with E-state index in [0.29, 0.717) is 28.3 Å². The number of rotatable bonds is 6. The molecule has 0 saturated heterocycles. The molecule has 2 aromatic carbocycles. The molecule has 0 saturated carbocycles. The predicted molar refractivity (Wildman–Crippen MR) is 101 cm³/mol. The number of amides is 1. The molecule has 0 aliphatic heterocycles. The van der Waals surface area contributed by atoms with Crippen LogP contribution in [-0.4, -0.2) is 15.5 Å². The standard InChI is InChI=1S/C19H19ClN4O2/c1-12(13-6-8-14(20)9-7-13)22-10-18-23-16-5-3-2-4-15(16)19(26)24(18)11-17(21)25/h2-9,12,22H,10-11H2,1H3,(H2,21,25)/p+1/t12-/m1/s1. The Morgan fingerprint density at radius 1 is 1.23 bits per heavy atom. The Balaban J connectivity index is 1.91. The van der Waals surface area contributed by atoms with Crippen LogP contribution in [0, 0.1) is 0 Å². The number of carbonyl (C=O) groups excluding carboxylic acids is 1. The van der Waals surface area contributed by atoms with Crippen LogP contribution in [0.5, 0.6) is 0 Å². The first-order chi connectivity index (χ1) is 12.5. The molecule has 0 radical (unpaired) electrons. The van der Waals surface area contributed by atoms with Gasteiger partial charge in [0.05, 0.1) is 10.9 Å². The number of nitrogens with two attached hydrogens (primary N) is 2. The Bertz CT molecular complexity index is 999. The molecule has 1 atom stereocenters. The maximum absolute atomic E-state index is 12.7. The van der Waals surface area contributed by atoms with E-state index in [4.69, 9.17) is 17.3 Å². The molecule has 1 heterocycles. The van der Waals surface area contributed by atoms with Crippen molar-refractivity contribution >= 4 is 28.4 Å². The van der Waals surface area contributed by atoms with Crippen molar-refractivity contribution in [2.75, 3.05) is 0 Å². The number of benzene rings is 2. The van der Waals surface area contributed by atoms with Crippen molar-refractivity contribution in [3.05, 3.63) is 75.3 Å². The monoisotopic (exact) mass is 371 g/mol. The molecule has 0 fully saturated rings. The summed E-state index contributed by atoms with van der Waals surface area (Å²) in [6.07, 6.45) is 0. The van der Waals surface area contributed by atoms with Crippen molar-refractivity contribution < 1.29 is 10.1 Å². The van der Waals surface area contributed by atoms with Crippen LogP contribution in [-0.2, 0) is 17.9 Å². The summed E-state index contributed by atoms with van der Waals surface area (Å²) in [6, 6.07) is 14.9. The number of para-hydroxylation sites is 1. The number of aromatic nitrogens is 2. The number of carbonyl (C=O) groups is 1. The Morgan fingerprint density at radius 3 is 2.62 bits per heavy atom.